The van der Waals surface area contributed by atoms with E-state index in [1.807, 2.05) is 42.5 Å². The number of rotatable bonds is 5. The molecule has 4 nitrogen and oxygen atoms in total. The summed E-state index contributed by atoms with van der Waals surface area (Å²) in [5.74, 6) is 0.632. The van der Waals surface area contributed by atoms with Crippen molar-refractivity contribution in [1.82, 2.24) is 4.98 Å². The molecular weight excluding hydrogens is 661 g/mol. The highest BCUT2D eigenvalue weighted by Crippen LogP contribution is 2.51. The van der Waals surface area contributed by atoms with Gasteiger partial charge in [0.1, 0.15) is 16.7 Å². The van der Waals surface area contributed by atoms with Crippen molar-refractivity contribution in [1.29, 1.82) is 0 Å². The van der Waals surface area contributed by atoms with Crippen molar-refractivity contribution < 1.29 is 8.83 Å². The van der Waals surface area contributed by atoms with Crippen LogP contribution in [0.25, 0.3) is 77.5 Å². The van der Waals surface area contributed by atoms with Crippen LogP contribution in [-0.2, 0) is 5.41 Å². The SMILES string of the molecule is CC1(C)c2ccccc2-c2ccc(N(c3ccc(-c4cccc5c4ccc4nc(-c6ccccc6)oc45)cc3)c3ccc4c(c3)oc3ccccc34)cc21. The zero-order chi connectivity index (χ0) is 36.0. The van der Waals surface area contributed by atoms with Crippen LogP contribution in [0.2, 0.25) is 0 Å². The van der Waals surface area contributed by atoms with Crippen LogP contribution >= 0.6 is 0 Å². The lowest BCUT2D eigenvalue weighted by Crippen LogP contribution is -2.16. The van der Waals surface area contributed by atoms with Crippen molar-refractivity contribution in [3.8, 4) is 33.7 Å². The van der Waals surface area contributed by atoms with Gasteiger partial charge in [0, 0.05) is 50.3 Å². The Morgan fingerprint density at radius 2 is 1.11 bits per heavy atom. The van der Waals surface area contributed by atoms with Crippen molar-refractivity contribution in [2.24, 2.45) is 0 Å². The summed E-state index contributed by atoms with van der Waals surface area (Å²) in [6.07, 6.45) is 0. The summed E-state index contributed by atoms with van der Waals surface area (Å²) in [5.41, 5.74) is 15.1. The van der Waals surface area contributed by atoms with Gasteiger partial charge in [-0.3, -0.25) is 0 Å². The molecule has 4 heteroatoms. The van der Waals surface area contributed by atoms with E-state index in [1.54, 1.807) is 0 Å². The molecule has 256 valence electrons. The van der Waals surface area contributed by atoms with Crippen LogP contribution in [0.4, 0.5) is 17.1 Å². The number of fused-ring (bicyclic) bond motifs is 9. The molecule has 2 heterocycles. The molecule has 54 heavy (non-hydrogen) atoms. The Hall–Kier alpha value is -6.91. The summed E-state index contributed by atoms with van der Waals surface area (Å²) in [4.78, 5) is 7.17. The third kappa shape index (κ3) is 4.60. The van der Waals surface area contributed by atoms with Gasteiger partial charge in [-0.1, -0.05) is 117 Å². The summed E-state index contributed by atoms with van der Waals surface area (Å²) >= 11 is 0. The third-order valence-corrected chi connectivity index (χ3v) is 11.3. The summed E-state index contributed by atoms with van der Waals surface area (Å²) in [7, 11) is 0. The highest BCUT2D eigenvalue weighted by atomic mass is 16.3. The first-order chi connectivity index (χ1) is 26.5. The van der Waals surface area contributed by atoms with E-state index in [0.717, 1.165) is 77.6 Å². The second-order valence-corrected chi connectivity index (χ2v) is 14.8. The van der Waals surface area contributed by atoms with Crippen LogP contribution < -0.4 is 4.90 Å². The third-order valence-electron chi connectivity index (χ3n) is 11.3. The molecule has 0 saturated carbocycles. The predicted octanol–water partition coefficient (Wildman–Crippen LogP) is 14.0. The number of furan rings is 1. The molecular formula is C50H34N2O2. The molecule has 0 fully saturated rings. The summed E-state index contributed by atoms with van der Waals surface area (Å²) in [6.45, 7) is 4.67. The lowest BCUT2D eigenvalue weighted by atomic mass is 9.82. The quantitative estimate of drug-likeness (QED) is 0.180. The minimum Gasteiger partial charge on any atom is -0.456 e. The van der Waals surface area contributed by atoms with Crippen LogP contribution in [0.3, 0.4) is 0 Å². The van der Waals surface area contributed by atoms with Crippen molar-refractivity contribution in [2.45, 2.75) is 19.3 Å². The van der Waals surface area contributed by atoms with Gasteiger partial charge in [0.25, 0.3) is 0 Å². The number of oxazole rings is 1. The highest BCUT2D eigenvalue weighted by Gasteiger charge is 2.35. The average molecular weight is 695 g/mol. The van der Waals surface area contributed by atoms with Gasteiger partial charge in [-0.2, -0.15) is 0 Å². The van der Waals surface area contributed by atoms with Crippen molar-refractivity contribution in [3.63, 3.8) is 0 Å². The molecule has 0 aliphatic heterocycles. The van der Waals surface area contributed by atoms with Gasteiger partial charge in [-0.05, 0) is 99.4 Å². The van der Waals surface area contributed by atoms with Crippen LogP contribution in [0.1, 0.15) is 25.0 Å². The molecule has 0 atom stereocenters. The normalized spacial score (nSPS) is 13.1. The number of hydrogen-bond donors (Lipinski definition) is 0. The molecule has 10 aromatic rings. The van der Waals surface area contributed by atoms with E-state index in [-0.39, 0.29) is 5.41 Å². The van der Waals surface area contributed by atoms with Crippen LogP contribution in [0.15, 0.2) is 179 Å². The number of para-hydroxylation sites is 1. The maximum absolute atomic E-state index is 6.40. The number of benzene rings is 8. The number of hydrogen-bond acceptors (Lipinski definition) is 4. The lowest BCUT2D eigenvalue weighted by Gasteiger charge is -2.28. The number of aromatic nitrogens is 1. The van der Waals surface area contributed by atoms with E-state index in [0.29, 0.717) is 5.89 Å². The fraction of sp³-hybridized carbons (Fsp3) is 0.0600. The molecule has 0 spiro atoms. The lowest BCUT2D eigenvalue weighted by molar-refractivity contribution is 0.623. The van der Waals surface area contributed by atoms with Gasteiger partial charge in [-0.25, -0.2) is 4.98 Å². The first kappa shape index (κ1) is 30.7. The average Bonchev–Trinajstić information content (AvgIpc) is 3.89. The van der Waals surface area contributed by atoms with E-state index in [2.05, 4.69) is 146 Å². The predicted molar refractivity (Wildman–Crippen MR) is 222 cm³/mol. The van der Waals surface area contributed by atoms with Crippen LogP contribution in [0, 0.1) is 0 Å². The van der Waals surface area contributed by atoms with E-state index >= 15 is 0 Å². The topological polar surface area (TPSA) is 42.4 Å². The van der Waals surface area contributed by atoms with Crippen molar-refractivity contribution in [2.75, 3.05) is 4.90 Å². The first-order valence-electron chi connectivity index (χ1n) is 18.5. The van der Waals surface area contributed by atoms with Gasteiger partial charge in [-0.15, -0.1) is 0 Å². The Bertz CT molecular complexity index is 3080. The van der Waals surface area contributed by atoms with Crippen LogP contribution in [-0.4, -0.2) is 4.98 Å². The molecule has 0 radical (unpaired) electrons. The highest BCUT2D eigenvalue weighted by molar-refractivity contribution is 6.09. The molecule has 11 rings (SSSR count). The molecule has 1 aliphatic rings. The maximum Gasteiger partial charge on any atom is 0.227 e. The minimum atomic E-state index is -0.120. The van der Waals surface area contributed by atoms with Gasteiger partial charge in [0.05, 0.1) is 0 Å². The van der Waals surface area contributed by atoms with Crippen LogP contribution in [0.5, 0.6) is 0 Å². The van der Waals surface area contributed by atoms with Crippen molar-refractivity contribution >= 4 is 60.9 Å². The standard InChI is InChI=1S/C50H34N2O2/c1-50(2)43-17-8-6-13-38(43)39-25-23-34(29-44(39)50)52(35-24-26-41-40-14-7-9-18-46(40)53-47(41)30-35)33-21-19-31(20-22-33)36-15-10-16-42-37(36)27-28-45-48(42)54-49(51-45)32-11-4-3-5-12-32/h3-30H,1-2H3. The Morgan fingerprint density at radius 3 is 2.00 bits per heavy atom. The Kier molecular flexibility index (Phi) is 6.56. The summed E-state index contributed by atoms with van der Waals surface area (Å²) in [6, 6.07) is 60.2. The first-order valence-corrected chi connectivity index (χ1v) is 18.5. The van der Waals surface area contributed by atoms with E-state index < -0.39 is 0 Å². The molecule has 2 aromatic heterocycles. The fourth-order valence-corrected chi connectivity index (χ4v) is 8.62. The zero-order valence-electron chi connectivity index (χ0n) is 29.9. The minimum absolute atomic E-state index is 0.120. The fourth-order valence-electron chi connectivity index (χ4n) is 8.62. The molecule has 0 unspecified atom stereocenters. The van der Waals surface area contributed by atoms with Crippen molar-refractivity contribution in [3.05, 3.63) is 181 Å². The Morgan fingerprint density at radius 1 is 0.444 bits per heavy atom. The summed E-state index contributed by atoms with van der Waals surface area (Å²) < 4.78 is 12.8. The Balaban J connectivity index is 1.04. The number of nitrogens with zero attached hydrogens (tertiary/aromatic N) is 2. The smallest absolute Gasteiger partial charge is 0.227 e. The monoisotopic (exact) mass is 694 g/mol. The van der Waals surface area contributed by atoms with Gasteiger partial charge in [0.2, 0.25) is 5.89 Å². The second-order valence-electron chi connectivity index (χ2n) is 14.8. The molecule has 8 aromatic carbocycles. The second kappa shape index (κ2) is 11.5. The zero-order valence-corrected chi connectivity index (χ0v) is 29.9. The van der Waals surface area contributed by atoms with E-state index in [4.69, 9.17) is 13.8 Å². The largest absolute Gasteiger partial charge is 0.456 e. The van der Waals surface area contributed by atoms with E-state index in [1.165, 1.54) is 22.3 Å². The van der Waals surface area contributed by atoms with E-state index in [9.17, 15) is 0 Å². The molecule has 0 bridgehead atoms. The van der Waals surface area contributed by atoms with Gasteiger partial charge in [0.15, 0.2) is 5.58 Å². The van der Waals surface area contributed by atoms with Gasteiger partial charge < -0.3 is 13.7 Å². The van der Waals surface area contributed by atoms with Gasteiger partial charge >= 0.3 is 0 Å². The summed E-state index contributed by atoms with van der Waals surface area (Å²) in [5, 5.41) is 4.41. The molecule has 0 saturated heterocycles. The molecule has 0 amide bonds. The molecule has 0 N–H and O–H groups in total. The molecule has 1 aliphatic carbocycles. The number of anilines is 3. The Labute approximate surface area is 312 Å². The maximum atomic E-state index is 6.40.